The van der Waals surface area contributed by atoms with Gasteiger partial charge in [0.15, 0.2) is 11.4 Å². The van der Waals surface area contributed by atoms with Gasteiger partial charge in [-0.3, -0.25) is 9.69 Å². The maximum absolute atomic E-state index is 13.8. The Hall–Kier alpha value is -3.78. The molecule has 0 saturated carbocycles. The van der Waals surface area contributed by atoms with E-state index in [0.29, 0.717) is 29.9 Å². The maximum atomic E-state index is 13.8. The third kappa shape index (κ3) is 4.85. The summed E-state index contributed by atoms with van der Waals surface area (Å²) >= 11 is 0. The molecule has 4 rings (SSSR count). The fourth-order valence-corrected chi connectivity index (χ4v) is 3.64. The number of carbonyl (C=O) groups excluding carboxylic acids is 1. The summed E-state index contributed by atoms with van der Waals surface area (Å²) in [6.45, 7) is 2.01. The molecule has 1 fully saturated rings. The SMILES string of the molecule is N#Cc1ccc(CN2CCN(C(=O)c3nnn(-c4ccc(F)cc4)c3C(F)(F)F)CC2)cc1. The fraction of sp³-hybridized carbons (Fsp3) is 0.273. The summed E-state index contributed by atoms with van der Waals surface area (Å²) in [5, 5.41) is 15.9. The largest absolute Gasteiger partial charge is 0.435 e. The first-order valence-corrected chi connectivity index (χ1v) is 10.1. The number of benzene rings is 2. The lowest BCUT2D eigenvalue weighted by Gasteiger charge is -2.34. The van der Waals surface area contributed by atoms with Crippen LogP contribution in [0, 0.1) is 17.1 Å². The van der Waals surface area contributed by atoms with E-state index in [-0.39, 0.29) is 18.8 Å². The average Bonchev–Trinajstić information content (AvgIpc) is 3.26. The number of piperazine rings is 1. The summed E-state index contributed by atoms with van der Waals surface area (Å²) in [5.74, 6) is -1.46. The first-order valence-electron chi connectivity index (χ1n) is 10.1. The topological polar surface area (TPSA) is 78.1 Å². The second kappa shape index (κ2) is 8.99. The van der Waals surface area contributed by atoms with Gasteiger partial charge in [-0.15, -0.1) is 5.10 Å². The number of amides is 1. The van der Waals surface area contributed by atoms with Crippen LogP contribution in [-0.2, 0) is 12.7 Å². The fourth-order valence-electron chi connectivity index (χ4n) is 3.64. The van der Waals surface area contributed by atoms with Crippen molar-refractivity contribution in [3.05, 3.63) is 76.9 Å². The van der Waals surface area contributed by atoms with Gasteiger partial charge in [0.05, 0.1) is 17.3 Å². The van der Waals surface area contributed by atoms with Crippen molar-refractivity contribution in [2.24, 2.45) is 0 Å². The molecular formula is C22H18F4N6O. The summed E-state index contributed by atoms with van der Waals surface area (Å²) < 4.78 is 55.1. The molecule has 11 heteroatoms. The molecule has 0 unspecified atom stereocenters. The van der Waals surface area contributed by atoms with Crippen molar-refractivity contribution >= 4 is 5.91 Å². The number of rotatable bonds is 4. The highest BCUT2D eigenvalue weighted by Gasteiger charge is 2.43. The predicted octanol–water partition coefficient (Wildman–Crippen LogP) is 3.25. The number of hydrogen-bond acceptors (Lipinski definition) is 5. The van der Waals surface area contributed by atoms with Crippen molar-refractivity contribution in [2.75, 3.05) is 26.2 Å². The zero-order valence-corrected chi connectivity index (χ0v) is 17.3. The van der Waals surface area contributed by atoms with E-state index in [0.717, 1.165) is 29.8 Å². The molecule has 1 aliphatic heterocycles. The van der Waals surface area contributed by atoms with Crippen LogP contribution in [-0.4, -0.2) is 56.9 Å². The molecule has 33 heavy (non-hydrogen) atoms. The molecule has 170 valence electrons. The monoisotopic (exact) mass is 458 g/mol. The van der Waals surface area contributed by atoms with Crippen molar-refractivity contribution in [2.45, 2.75) is 12.7 Å². The van der Waals surface area contributed by atoms with Crippen LogP contribution < -0.4 is 0 Å². The highest BCUT2D eigenvalue weighted by Crippen LogP contribution is 2.33. The minimum atomic E-state index is -4.89. The van der Waals surface area contributed by atoms with Crippen LogP contribution in [0.3, 0.4) is 0 Å². The zero-order chi connectivity index (χ0) is 23.6. The van der Waals surface area contributed by atoms with E-state index >= 15 is 0 Å². The molecule has 0 bridgehead atoms. The Bertz CT molecular complexity index is 1170. The van der Waals surface area contributed by atoms with Gasteiger partial charge in [-0.05, 0) is 42.0 Å². The van der Waals surface area contributed by atoms with E-state index in [1.165, 1.54) is 4.90 Å². The van der Waals surface area contributed by atoms with E-state index < -0.39 is 29.3 Å². The summed E-state index contributed by atoms with van der Waals surface area (Å²) in [7, 11) is 0. The Balaban J connectivity index is 1.48. The molecule has 2 heterocycles. The van der Waals surface area contributed by atoms with Crippen LogP contribution in [0.1, 0.15) is 27.3 Å². The highest BCUT2D eigenvalue weighted by atomic mass is 19.4. The number of nitrogens with zero attached hydrogens (tertiary/aromatic N) is 6. The quantitative estimate of drug-likeness (QED) is 0.561. The van der Waals surface area contributed by atoms with Gasteiger partial charge in [0.25, 0.3) is 5.91 Å². The van der Waals surface area contributed by atoms with Crippen molar-refractivity contribution < 1.29 is 22.4 Å². The number of alkyl halides is 3. The maximum Gasteiger partial charge on any atom is 0.435 e. The van der Waals surface area contributed by atoms with Crippen LogP contribution >= 0.6 is 0 Å². The predicted molar refractivity (Wildman–Crippen MR) is 109 cm³/mol. The molecule has 0 aliphatic carbocycles. The molecule has 1 saturated heterocycles. The number of aromatic nitrogens is 3. The standard InChI is InChI=1S/C22H18F4N6O/c23-17-5-7-18(8-6-17)32-20(22(24,25)26)19(28-29-32)21(33)31-11-9-30(10-12-31)14-16-3-1-15(13-27)2-4-16/h1-8H,9-12,14H2. The van der Waals surface area contributed by atoms with Gasteiger partial charge < -0.3 is 4.90 Å². The van der Waals surface area contributed by atoms with Crippen molar-refractivity contribution in [3.63, 3.8) is 0 Å². The summed E-state index contributed by atoms with van der Waals surface area (Å²) in [6, 6.07) is 13.5. The number of halogens is 4. The summed E-state index contributed by atoms with van der Waals surface area (Å²) in [4.78, 5) is 16.3. The molecule has 0 N–H and O–H groups in total. The minimum absolute atomic E-state index is 0.0532. The van der Waals surface area contributed by atoms with E-state index in [1.54, 1.807) is 12.1 Å². The van der Waals surface area contributed by atoms with Gasteiger partial charge in [-0.25, -0.2) is 9.07 Å². The zero-order valence-electron chi connectivity index (χ0n) is 17.3. The number of carbonyl (C=O) groups is 1. The smallest absolute Gasteiger partial charge is 0.335 e. The van der Waals surface area contributed by atoms with E-state index in [4.69, 9.17) is 5.26 Å². The van der Waals surface area contributed by atoms with Crippen molar-refractivity contribution in [1.82, 2.24) is 24.8 Å². The first-order chi connectivity index (χ1) is 15.8. The second-order valence-electron chi connectivity index (χ2n) is 7.55. The Kier molecular flexibility index (Phi) is 6.11. The third-order valence-corrected chi connectivity index (χ3v) is 5.36. The Morgan fingerprint density at radius 1 is 1.00 bits per heavy atom. The van der Waals surface area contributed by atoms with Gasteiger partial charge in [0.1, 0.15) is 5.82 Å². The van der Waals surface area contributed by atoms with Crippen LogP contribution in [0.15, 0.2) is 48.5 Å². The lowest BCUT2D eigenvalue weighted by atomic mass is 10.1. The van der Waals surface area contributed by atoms with Gasteiger partial charge in [0, 0.05) is 32.7 Å². The van der Waals surface area contributed by atoms with Crippen LogP contribution in [0.5, 0.6) is 0 Å². The van der Waals surface area contributed by atoms with E-state index in [2.05, 4.69) is 21.3 Å². The van der Waals surface area contributed by atoms with E-state index in [1.807, 2.05) is 12.1 Å². The van der Waals surface area contributed by atoms with Crippen molar-refractivity contribution in [1.29, 1.82) is 5.26 Å². The van der Waals surface area contributed by atoms with Crippen molar-refractivity contribution in [3.8, 4) is 11.8 Å². The van der Waals surface area contributed by atoms with Gasteiger partial charge in [0.2, 0.25) is 0 Å². The molecule has 0 radical (unpaired) electrons. The van der Waals surface area contributed by atoms with Gasteiger partial charge in [-0.2, -0.15) is 18.4 Å². The second-order valence-corrected chi connectivity index (χ2v) is 7.55. The van der Waals surface area contributed by atoms with Crippen LogP contribution in [0.4, 0.5) is 17.6 Å². The molecule has 7 nitrogen and oxygen atoms in total. The van der Waals surface area contributed by atoms with Crippen LogP contribution in [0.25, 0.3) is 5.69 Å². The van der Waals surface area contributed by atoms with Gasteiger partial charge >= 0.3 is 6.18 Å². The Labute approximate surface area is 186 Å². The lowest BCUT2D eigenvalue weighted by molar-refractivity contribution is -0.143. The third-order valence-electron chi connectivity index (χ3n) is 5.36. The minimum Gasteiger partial charge on any atom is -0.335 e. The normalized spacial score (nSPS) is 14.8. The Morgan fingerprint density at radius 2 is 1.64 bits per heavy atom. The Morgan fingerprint density at radius 3 is 2.21 bits per heavy atom. The number of hydrogen-bond donors (Lipinski definition) is 0. The summed E-state index contributed by atoms with van der Waals surface area (Å²) in [6.07, 6.45) is -4.89. The molecule has 1 amide bonds. The molecule has 3 aromatic rings. The molecule has 2 aromatic carbocycles. The lowest BCUT2D eigenvalue weighted by Crippen LogP contribution is -2.48. The number of nitriles is 1. The van der Waals surface area contributed by atoms with Crippen LogP contribution in [0.2, 0.25) is 0 Å². The first kappa shape index (κ1) is 22.4. The molecule has 1 aromatic heterocycles. The molecule has 0 spiro atoms. The van der Waals surface area contributed by atoms with Gasteiger partial charge in [-0.1, -0.05) is 17.3 Å². The molecular weight excluding hydrogens is 440 g/mol. The summed E-state index contributed by atoms with van der Waals surface area (Å²) in [5.41, 5.74) is -0.576. The van der Waals surface area contributed by atoms with E-state index in [9.17, 15) is 22.4 Å². The molecule has 0 atom stereocenters. The molecule has 1 aliphatic rings. The average molecular weight is 458 g/mol. The highest BCUT2D eigenvalue weighted by molar-refractivity contribution is 5.93.